The smallest absolute Gasteiger partial charge is 0.258 e. The van der Waals surface area contributed by atoms with Crippen molar-refractivity contribution >= 4 is 42.7 Å². The molecule has 0 aliphatic carbocycles. The Kier molecular flexibility index (Phi) is 13.0. The third kappa shape index (κ3) is 9.16. The van der Waals surface area contributed by atoms with Gasteiger partial charge in [-0.25, -0.2) is 0 Å². The number of phenols is 2. The highest BCUT2D eigenvalue weighted by molar-refractivity contribution is 9.09. The number of ether oxygens (including phenoxy) is 1. The third-order valence-corrected chi connectivity index (χ3v) is 15.1. The van der Waals surface area contributed by atoms with Gasteiger partial charge in [-0.3, -0.25) is 4.79 Å². The number of carbonyl (C=O) groups is 1. The summed E-state index contributed by atoms with van der Waals surface area (Å²) in [5.74, 6) is 1.85. The molecule has 44 heavy (non-hydrogen) atoms. The predicted molar refractivity (Wildman–Crippen MR) is 188 cm³/mol. The lowest BCUT2D eigenvalue weighted by molar-refractivity contribution is 0.0991. The highest BCUT2D eigenvalue weighted by Crippen LogP contribution is 2.43. The number of rotatable bonds is 11. The van der Waals surface area contributed by atoms with Crippen LogP contribution < -0.4 is 9.16 Å². The molecule has 0 aliphatic rings. The number of halogens is 1. The Balaban J connectivity index is 0.000000278. The normalized spacial score (nSPS) is 12.1. The van der Waals surface area contributed by atoms with E-state index in [9.17, 15) is 15.0 Å². The minimum absolute atomic E-state index is 0.0380. The van der Waals surface area contributed by atoms with Crippen molar-refractivity contribution in [1.29, 1.82) is 0 Å². The zero-order chi connectivity index (χ0) is 32.4. The van der Waals surface area contributed by atoms with E-state index in [1.165, 1.54) is 12.1 Å². The minimum Gasteiger partial charge on any atom is -0.543 e. The monoisotopic (exact) mass is 694 g/mol. The van der Waals surface area contributed by atoms with Crippen LogP contribution in [0, 0.1) is 0 Å². The highest BCUT2D eigenvalue weighted by Gasteiger charge is 2.47. The molecule has 0 aliphatic heterocycles. The molecule has 4 rings (SSSR count). The first-order valence-corrected chi connectivity index (χ1v) is 18.3. The van der Waals surface area contributed by atoms with Crippen molar-refractivity contribution in [2.45, 2.75) is 74.5 Å². The number of alkyl halides is 1. The number of thiol groups is 1. The Morgan fingerprint density at radius 2 is 1.32 bits per heavy atom. The van der Waals surface area contributed by atoms with Gasteiger partial charge < -0.3 is 19.4 Å². The van der Waals surface area contributed by atoms with Gasteiger partial charge in [0.1, 0.15) is 34.4 Å². The standard InChI is InChI=1S/C23H31BrO3Si.C13H12O2S/c1-15(2)28(16(3)4,17(5)6)27-21-13-9-18(10-14-21)22(24)23(26)19-7-11-20(25)12-8-19;14-12-7-6-11(8-13(12)16)15-9-10-4-2-1-3-5-10/h7-17,22,25H,1-6H3;1-8,14,16H,9H2. The van der Waals surface area contributed by atoms with Crippen LogP contribution in [0.4, 0.5) is 0 Å². The van der Waals surface area contributed by atoms with E-state index < -0.39 is 13.1 Å². The third-order valence-electron chi connectivity index (χ3n) is 7.75. The van der Waals surface area contributed by atoms with E-state index in [0.29, 0.717) is 39.4 Å². The van der Waals surface area contributed by atoms with Crippen LogP contribution in [-0.4, -0.2) is 24.3 Å². The van der Waals surface area contributed by atoms with Crippen LogP contribution in [0.25, 0.3) is 0 Å². The fourth-order valence-corrected chi connectivity index (χ4v) is 11.5. The summed E-state index contributed by atoms with van der Waals surface area (Å²) >= 11 is 7.64. The topological polar surface area (TPSA) is 76.0 Å². The molecule has 234 valence electrons. The number of hydrogen-bond acceptors (Lipinski definition) is 6. The van der Waals surface area contributed by atoms with Crippen LogP contribution in [0.1, 0.15) is 67.9 Å². The first-order chi connectivity index (χ1) is 20.8. The second-order valence-corrected chi connectivity index (χ2v) is 18.5. The van der Waals surface area contributed by atoms with Crippen molar-refractivity contribution in [3.8, 4) is 23.0 Å². The van der Waals surface area contributed by atoms with E-state index in [0.717, 1.165) is 16.9 Å². The summed E-state index contributed by atoms with van der Waals surface area (Å²) in [5, 5.41) is 18.7. The first-order valence-electron chi connectivity index (χ1n) is 14.8. The van der Waals surface area contributed by atoms with Crippen LogP contribution in [0.3, 0.4) is 0 Å². The summed E-state index contributed by atoms with van der Waals surface area (Å²) < 4.78 is 12.3. The zero-order valence-corrected chi connectivity index (χ0v) is 29.7. The maximum absolute atomic E-state index is 12.7. The van der Waals surface area contributed by atoms with Crippen LogP contribution in [0.5, 0.6) is 23.0 Å². The molecular weight excluding hydrogens is 652 g/mol. The van der Waals surface area contributed by atoms with Crippen molar-refractivity contribution in [2.24, 2.45) is 0 Å². The molecule has 0 spiro atoms. The Morgan fingerprint density at radius 1 is 0.773 bits per heavy atom. The molecule has 4 aromatic rings. The van der Waals surface area contributed by atoms with Crippen LogP contribution in [0.15, 0.2) is 102 Å². The van der Waals surface area contributed by atoms with Crippen LogP contribution in [-0.2, 0) is 6.61 Å². The SMILES string of the molecule is CC(C)[Si](Oc1ccc(C(Br)C(=O)c2ccc(O)cc2)cc1)(C(C)C)C(C)C.Oc1ccc(OCc2ccccc2)cc1S. The molecular formula is C36H43BrO5SSi. The number of benzene rings is 4. The first kappa shape index (κ1) is 35.3. The summed E-state index contributed by atoms with van der Waals surface area (Å²) in [4.78, 5) is 12.8. The lowest BCUT2D eigenvalue weighted by Crippen LogP contribution is -2.50. The molecule has 5 nitrogen and oxygen atoms in total. The second kappa shape index (κ2) is 16.2. The lowest BCUT2D eigenvalue weighted by Gasteiger charge is -2.42. The average molecular weight is 696 g/mol. The van der Waals surface area contributed by atoms with E-state index >= 15 is 0 Å². The molecule has 4 aromatic carbocycles. The number of hydrogen-bond donors (Lipinski definition) is 3. The fourth-order valence-electron chi connectivity index (χ4n) is 5.52. The van der Waals surface area contributed by atoms with Gasteiger partial charge in [0.15, 0.2) is 5.78 Å². The quantitative estimate of drug-likeness (QED) is 0.0630. The van der Waals surface area contributed by atoms with E-state index in [-0.39, 0.29) is 17.3 Å². The van der Waals surface area contributed by atoms with Crippen molar-refractivity contribution in [3.05, 3.63) is 114 Å². The van der Waals surface area contributed by atoms with E-state index in [2.05, 4.69) is 70.1 Å². The van der Waals surface area contributed by atoms with Gasteiger partial charge in [-0.15, -0.1) is 12.6 Å². The molecule has 0 radical (unpaired) electrons. The average Bonchev–Trinajstić information content (AvgIpc) is 3.00. The Bertz CT molecular complexity index is 1450. The molecule has 0 saturated carbocycles. The van der Waals surface area contributed by atoms with E-state index in [4.69, 9.17) is 9.16 Å². The number of Topliss-reactive ketones (excluding diaryl/α,β-unsaturated/α-hetero) is 1. The van der Waals surface area contributed by atoms with Gasteiger partial charge in [0.05, 0.1) is 0 Å². The van der Waals surface area contributed by atoms with Crippen molar-refractivity contribution in [2.75, 3.05) is 0 Å². The molecule has 0 heterocycles. The van der Waals surface area contributed by atoms with Gasteiger partial charge in [-0.05, 0) is 82.3 Å². The van der Waals surface area contributed by atoms with Gasteiger partial charge >= 0.3 is 0 Å². The maximum atomic E-state index is 12.7. The number of phenolic OH excluding ortho intramolecular Hbond substituents is 2. The van der Waals surface area contributed by atoms with E-state index in [1.807, 2.05) is 54.6 Å². The Labute approximate surface area is 276 Å². The van der Waals surface area contributed by atoms with Gasteiger partial charge in [-0.1, -0.05) is 99.9 Å². The van der Waals surface area contributed by atoms with Crippen molar-refractivity contribution < 1.29 is 24.2 Å². The minimum atomic E-state index is -2.00. The molecule has 1 atom stereocenters. The summed E-state index contributed by atoms with van der Waals surface area (Å²) in [6.45, 7) is 14.1. The number of aromatic hydroxyl groups is 2. The fraction of sp³-hybridized carbons (Fsp3) is 0.306. The Morgan fingerprint density at radius 3 is 1.84 bits per heavy atom. The summed E-state index contributed by atoms with van der Waals surface area (Å²) in [5.41, 5.74) is 4.07. The molecule has 1 unspecified atom stereocenters. The van der Waals surface area contributed by atoms with E-state index in [1.54, 1.807) is 30.3 Å². The molecule has 0 saturated heterocycles. The summed E-state index contributed by atoms with van der Waals surface area (Å²) in [6.07, 6.45) is 0. The number of carbonyl (C=O) groups excluding carboxylic acids is 1. The van der Waals surface area contributed by atoms with Crippen molar-refractivity contribution in [1.82, 2.24) is 0 Å². The number of ketones is 1. The van der Waals surface area contributed by atoms with Gasteiger partial charge in [0.25, 0.3) is 8.32 Å². The van der Waals surface area contributed by atoms with Crippen molar-refractivity contribution in [3.63, 3.8) is 0 Å². The largest absolute Gasteiger partial charge is 0.543 e. The summed E-state index contributed by atoms with van der Waals surface area (Å²) in [7, 11) is -2.00. The second-order valence-electron chi connectivity index (χ2n) is 11.7. The molecule has 2 N–H and O–H groups in total. The van der Waals surface area contributed by atoms with Gasteiger partial charge in [0.2, 0.25) is 0 Å². The molecule has 0 fully saturated rings. The van der Waals surface area contributed by atoms with Gasteiger partial charge in [-0.2, -0.15) is 0 Å². The molecule has 8 heteroatoms. The highest BCUT2D eigenvalue weighted by atomic mass is 79.9. The maximum Gasteiger partial charge on any atom is 0.258 e. The molecule has 0 amide bonds. The zero-order valence-electron chi connectivity index (χ0n) is 26.2. The summed E-state index contributed by atoms with van der Waals surface area (Å²) in [6, 6.07) is 29.1. The Hall–Kier alpha value is -3.20. The molecule has 0 aromatic heterocycles. The van der Waals surface area contributed by atoms with Crippen LogP contribution >= 0.6 is 28.6 Å². The molecule has 0 bridgehead atoms. The predicted octanol–water partition coefficient (Wildman–Crippen LogP) is 10.5. The van der Waals surface area contributed by atoms with Crippen LogP contribution in [0.2, 0.25) is 16.6 Å². The van der Waals surface area contributed by atoms with Gasteiger partial charge in [0, 0.05) is 10.5 Å². The lowest BCUT2D eigenvalue weighted by atomic mass is 10.0.